The minimum atomic E-state index is 0.473. The lowest BCUT2D eigenvalue weighted by atomic mass is 9.89. The maximum atomic E-state index is 6.04. The van der Waals surface area contributed by atoms with Crippen LogP contribution in [-0.4, -0.2) is 29.6 Å². The molecular formula is C16H34N2. The van der Waals surface area contributed by atoms with Crippen LogP contribution < -0.4 is 5.73 Å². The molecule has 1 saturated carbocycles. The van der Waals surface area contributed by atoms with Gasteiger partial charge in [0.2, 0.25) is 0 Å². The van der Waals surface area contributed by atoms with E-state index in [1.807, 2.05) is 0 Å². The summed E-state index contributed by atoms with van der Waals surface area (Å²) in [6.45, 7) is 8.25. The molecule has 0 spiro atoms. The van der Waals surface area contributed by atoms with Crippen molar-refractivity contribution in [1.29, 1.82) is 0 Å². The van der Waals surface area contributed by atoms with E-state index in [-0.39, 0.29) is 0 Å². The minimum Gasteiger partial charge on any atom is -0.328 e. The van der Waals surface area contributed by atoms with Gasteiger partial charge in [0.05, 0.1) is 0 Å². The third-order valence-electron chi connectivity index (χ3n) is 4.52. The topological polar surface area (TPSA) is 29.3 Å². The number of hydrogen-bond donors (Lipinski definition) is 1. The zero-order chi connectivity index (χ0) is 13.4. The molecule has 1 fully saturated rings. The van der Waals surface area contributed by atoms with Crippen molar-refractivity contribution < 1.29 is 0 Å². The van der Waals surface area contributed by atoms with Crippen molar-refractivity contribution in [3.8, 4) is 0 Å². The van der Waals surface area contributed by atoms with Gasteiger partial charge in [-0.3, -0.25) is 4.90 Å². The molecule has 0 heterocycles. The van der Waals surface area contributed by atoms with Gasteiger partial charge in [-0.1, -0.05) is 33.6 Å². The van der Waals surface area contributed by atoms with Gasteiger partial charge in [0.15, 0.2) is 0 Å². The van der Waals surface area contributed by atoms with Gasteiger partial charge >= 0.3 is 0 Å². The van der Waals surface area contributed by atoms with Crippen molar-refractivity contribution in [3.63, 3.8) is 0 Å². The molecule has 0 amide bonds. The molecule has 1 atom stereocenters. The highest BCUT2D eigenvalue weighted by Gasteiger charge is 2.27. The van der Waals surface area contributed by atoms with Gasteiger partial charge in [-0.05, 0) is 51.5 Å². The van der Waals surface area contributed by atoms with Crippen LogP contribution in [0.15, 0.2) is 0 Å². The van der Waals surface area contributed by atoms with E-state index in [1.165, 1.54) is 64.3 Å². The third kappa shape index (κ3) is 4.89. The van der Waals surface area contributed by atoms with Gasteiger partial charge in [-0.2, -0.15) is 0 Å². The summed E-state index contributed by atoms with van der Waals surface area (Å²) in [5.74, 6) is 0. The highest BCUT2D eigenvalue weighted by atomic mass is 15.2. The van der Waals surface area contributed by atoms with Gasteiger partial charge in [0, 0.05) is 18.1 Å². The molecule has 108 valence electrons. The predicted octanol–water partition coefficient (Wildman–Crippen LogP) is 3.94. The second-order valence-electron chi connectivity index (χ2n) is 6.01. The van der Waals surface area contributed by atoms with E-state index >= 15 is 0 Å². The highest BCUT2D eigenvalue weighted by Crippen LogP contribution is 2.26. The highest BCUT2D eigenvalue weighted by molar-refractivity contribution is 4.84. The fourth-order valence-electron chi connectivity index (χ4n) is 3.40. The smallest absolute Gasteiger partial charge is 0.00993 e. The first kappa shape index (κ1) is 16.0. The molecule has 0 aromatic rings. The quantitative estimate of drug-likeness (QED) is 0.711. The minimum absolute atomic E-state index is 0.473. The van der Waals surface area contributed by atoms with Crippen LogP contribution >= 0.6 is 0 Å². The summed E-state index contributed by atoms with van der Waals surface area (Å²) >= 11 is 0. The molecule has 18 heavy (non-hydrogen) atoms. The lowest BCUT2D eigenvalue weighted by molar-refractivity contribution is 0.0902. The van der Waals surface area contributed by atoms with Crippen LogP contribution in [0, 0.1) is 0 Å². The SMILES string of the molecule is CCCCC(CC)N(CCC)C1CCC(N)CC1. The number of rotatable bonds is 8. The van der Waals surface area contributed by atoms with Crippen LogP contribution in [0.5, 0.6) is 0 Å². The zero-order valence-corrected chi connectivity index (χ0v) is 12.8. The average molecular weight is 254 g/mol. The predicted molar refractivity (Wildman–Crippen MR) is 80.8 cm³/mol. The van der Waals surface area contributed by atoms with Gasteiger partial charge in [0.1, 0.15) is 0 Å². The van der Waals surface area contributed by atoms with Gasteiger partial charge in [0.25, 0.3) is 0 Å². The molecule has 1 unspecified atom stereocenters. The maximum absolute atomic E-state index is 6.04. The number of unbranched alkanes of at least 4 members (excludes halogenated alkanes) is 1. The second-order valence-corrected chi connectivity index (χ2v) is 6.01. The summed E-state index contributed by atoms with van der Waals surface area (Å²) in [4.78, 5) is 2.82. The number of nitrogens with two attached hydrogens (primary N) is 1. The molecule has 2 N–H and O–H groups in total. The van der Waals surface area contributed by atoms with Crippen molar-refractivity contribution in [2.24, 2.45) is 5.73 Å². The molecule has 0 aromatic carbocycles. The summed E-state index contributed by atoms with van der Waals surface area (Å²) < 4.78 is 0. The van der Waals surface area contributed by atoms with Crippen molar-refractivity contribution >= 4 is 0 Å². The molecule has 1 aliphatic carbocycles. The molecular weight excluding hydrogens is 220 g/mol. The van der Waals surface area contributed by atoms with E-state index in [0.29, 0.717) is 6.04 Å². The number of nitrogens with zero attached hydrogens (tertiary/aromatic N) is 1. The Hall–Kier alpha value is -0.0800. The molecule has 0 bridgehead atoms. The zero-order valence-electron chi connectivity index (χ0n) is 12.8. The van der Waals surface area contributed by atoms with Gasteiger partial charge < -0.3 is 5.73 Å². The Morgan fingerprint density at radius 3 is 2.22 bits per heavy atom. The van der Waals surface area contributed by atoms with E-state index in [9.17, 15) is 0 Å². The maximum Gasteiger partial charge on any atom is 0.00993 e. The Labute approximate surface area is 114 Å². The van der Waals surface area contributed by atoms with Gasteiger partial charge in [-0.15, -0.1) is 0 Å². The monoisotopic (exact) mass is 254 g/mol. The Bertz CT molecular complexity index is 193. The van der Waals surface area contributed by atoms with E-state index in [4.69, 9.17) is 5.73 Å². The summed E-state index contributed by atoms with van der Waals surface area (Å²) in [5, 5.41) is 0. The van der Waals surface area contributed by atoms with Crippen LogP contribution in [0.1, 0.15) is 78.6 Å². The van der Waals surface area contributed by atoms with Gasteiger partial charge in [-0.25, -0.2) is 0 Å². The Balaban J connectivity index is 2.55. The van der Waals surface area contributed by atoms with E-state index in [1.54, 1.807) is 0 Å². The molecule has 0 radical (unpaired) electrons. The molecule has 0 saturated heterocycles. The molecule has 0 aromatic heterocycles. The lowest BCUT2D eigenvalue weighted by Gasteiger charge is -2.41. The van der Waals surface area contributed by atoms with E-state index < -0.39 is 0 Å². The van der Waals surface area contributed by atoms with Crippen molar-refractivity contribution in [1.82, 2.24) is 4.90 Å². The van der Waals surface area contributed by atoms with Crippen molar-refractivity contribution in [2.75, 3.05) is 6.54 Å². The fraction of sp³-hybridized carbons (Fsp3) is 1.00. The average Bonchev–Trinajstić information content (AvgIpc) is 2.39. The Morgan fingerprint density at radius 1 is 1.06 bits per heavy atom. The van der Waals surface area contributed by atoms with Crippen LogP contribution in [0.25, 0.3) is 0 Å². The number of hydrogen-bond acceptors (Lipinski definition) is 2. The van der Waals surface area contributed by atoms with Crippen LogP contribution in [0.4, 0.5) is 0 Å². The summed E-state index contributed by atoms with van der Waals surface area (Å²) in [5.41, 5.74) is 6.04. The second kappa shape index (κ2) is 8.92. The third-order valence-corrected chi connectivity index (χ3v) is 4.52. The van der Waals surface area contributed by atoms with E-state index in [2.05, 4.69) is 25.7 Å². The Morgan fingerprint density at radius 2 is 1.72 bits per heavy atom. The van der Waals surface area contributed by atoms with Crippen molar-refractivity contribution in [3.05, 3.63) is 0 Å². The first-order chi connectivity index (χ1) is 8.72. The molecule has 2 nitrogen and oxygen atoms in total. The molecule has 1 rings (SSSR count). The largest absolute Gasteiger partial charge is 0.328 e. The first-order valence-corrected chi connectivity index (χ1v) is 8.24. The lowest BCUT2D eigenvalue weighted by Crippen LogP contribution is -2.46. The Kier molecular flexibility index (Phi) is 7.92. The normalized spacial score (nSPS) is 26.5. The molecule has 1 aliphatic rings. The van der Waals surface area contributed by atoms with Crippen LogP contribution in [0.3, 0.4) is 0 Å². The van der Waals surface area contributed by atoms with Crippen LogP contribution in [0.2, 0.25) is 0 Å². The first-order valence-electron chi connectivity index (χ1n) is 8.24. The summed E-state index contributed by atoms with van der Waals surface area (Å²) in [6.07, 6.45) is 11.8. The molecule has 0 aliphatic heterocycles. The van der Waals surface area contributed by atoms with Crippen LogP contribution in [-0.2, 0) is 0 Å². The van der Waals surface area contributed by atoms with Crippen molar-refractivity contribution in [2.45, 2.75) is 96.7 Å². The fourth-order valence-corrected chi connectivity index (χ4v) is 3.40. The standard InChI is InChI=1S/C16H34N2/c1-4-7-8-15(6-3)18(13-5-2)16-11-9-14(17)10-12-16/h14-16H,4-13,17H2,1-3H3. The van der Waals surface area contributed by atoms with E-state index in [0.717, 1.165) is 12.1 Å². The summed E-state index contributed by atoms with van der Waals surface area (Å²) in [7, 11) is 0. The summed E-state index contributed by atoms with van der Waals surface area (Å²) in [6, 6.07) is 2.09. The molecule has 2 heteroatoms.